The van der Waals surface area contributed by atoms with Crippen molar-refractivity contribution in [1.29, 1.82) is 0 Å². The molecule has 0 saturated carbocycles. The van der Waals surface area contributed by atoms with E-state index in [9.17, 15) is 4.79 Å². The lowest BCUT2D eigenvalue weighted by atomic mass is 10.1. The summed E-state index contributed by atoms with van der Waals surface area (Å²) in [5, 5.41) is 12.6. The predicted molar refractivity (Wildman–Crippen MR) is 131 cm³/mol. The van der Waals surface area contributed by atoms with E-state index in [1.165, 1.54) is 11.8 Å². The number of hydrogen-bond acceptors (Lipinski definition) is 5. The Kier molecular flexibility index (Phi) is 7.42. The topological polar surface area (TPSA) is 69.0 Å². The van der Waals surface area contributed by atoms with Gasteiger partial charge in [-0.2, -0.15) is 0 Å². The van der Waals surface area contributed by atoms with Crippen LogP contribution in [0, 0.1) is 0 Å². The van der Waals surface area contributed by atoms with Crippen LogP contribution in [0.1, 0.15) is 24.1 Å². The van der Waals surface area contributed by atoms with Gasteiger partial charge in [0.2, 0.25) is 5.91 Å². The number of nitrogens with one attached hydrogen (secondary N) is 1. The normalized spacial score (nSPS) is 11.7. The van der Waals surface area contributed by atoms with E-state index in [2.05, 4.69) is 32.2 Å². The molecule has 3 aromatic carbocycles. The molecule has 6 nitrogen and oxygen atoms in total. The highest BCUT2D eigenvalue weighted by molar-refractivity contribution is 7.99. The van der Waals surface area contributed by atoms with Gasteiger partial charge in [0.1, 0.15) is 5.75 Å². The maximum Gasteiger partial charge on any atom is 0.230 e. The van der Waals surface area contributed by atoms with Crippen LogP contribution in [0.4, 0.5) is 0 Å². The molecule has 1 unspecified atom stereocenters. The zero-order valence-electron chi connectivity index (χ0n) is 18.6. The molecule has 1 heterocycles. The third-order valence-corrected chi connectivity index (χ3v) is 6.22. The van der Waals surface area contributed by atoms with Crippen LogP contribution in [0.2, 0.25) is 0 Å². The molecule has 7 heteroatoms. The fourth-order valence-electron chi connectivity index (χ4n) is 3.50. The molecule has 1 N–H and O–H groups in total. The fourth-order valence-corrected chi connectivity index (χ4v) is 4.24. The maximum absolute atomic E-state index is 12.6. The molecule has 1 aromatic heterocycles. The van der Waals surface area contributed by atoms with Crippen LogP contribution >= 0.6 is 11.8 Å². The van der Waals surface area contributed by atoms with E-state index in [1.807, 2.05) is 79.7 Å². The van der Waals surface area contributed by atoms with Crippen LogP contribution in [0.15, 0.2) is 90.1 Å². The number of methoxy groups -OCH3 is 1. The third kappa shape index (κ3) is 5.81. The van der Waals surface area contributed by atoms with Crippen molar-refractivity contribution in [2.45, 2.75) is 24.7 Å². The molecule has 0 aliphatic heterocycles. The molecule has 0 fully saturated rings. The first kappa shape index (κ1) is 22.6. The maximum atomic E-state index is 12.6. The molecule has 0 bridgehead atoms. The molecule has 0 saturated heterocycles. The third-order valence-electron chi connectivity index (χ3n) is 5.26. The van der Waals surface area contributed by atoms with E-state index in [4.69, 9.17) is 4.74 Å². The van der Waals surface area contributed by atoms with Gasteiger partial charge in [0, 0.05) is 5.56 Å². The number of carbonyl (C=O) groups is 1. The van der Waals surface area contributed by atoms with Crippen LogP contribution in [0.25, 0.3) is 11.4 Å². The highest BCUT2D eigenvalue weighted by atomic mass is 32.2. The molecule has 0 spiro atoms. The Morgan fingerprint density at radius 3 is 2.30 bits per heavy atom. The highest BCUT2D eigenvalue weighted by Crippen LogP contribution is 2.27. The Balaban J connectivity index is 1.51. The Hall–Kier alpha value is -3.58. The van der Waals surface area contributed by atoms with Crippen molar-refractivity contribution in [1.82, 2.24) is 20.1 Å². The van der Waals surface area contributed by atoms with Gasteiger partial charge in [0.25, 0.3) is 0 Å². The van der Waals surface area contributed by atoms with Crippen LogP contribution in [-0.4, -0.2) is 33.5 Å². The molecule has 0 aliphatic rings. The minimum atomic E-state index is -0.0589. The number of ether oxygens (including phenoxy) is 1. The van der Waals surface area contributed by atoms with E-state index in [-0.39, 0.29) is 17.7 Å². The quantitative estimate of drug-likeness (QED) is 0.359. The number of nitrogens with zero attached hydrogens (tertiary/aromatic N) is 3. The number of hydrogen-bond donors (Lipinski definition) is 1. The summed E-state index contributed by atoms with van der Waals surface area (Å²) in [4.78, 5) is 12.6. The SMILES string of the molecule is COc1ccc(-c2nnc(SCC(=O)NC(C)c3ccccc3)n2Cc2ccccc2)cc1. The minimum Gasteiger partial charge on any atom is -0.497 e. The van der Waals surface area contributed by atoms with Gasteiger partial charge >= 0.3 is 0 Å². The van der Waals surface area contributed by atoms with Gasteiger partial charge in [-0.05, 0) is 42.3 Å². The van der Waals surface area contributed by atoms with Crippen molar-refractivity contribution in [2.24, 2.45) is 0 Å². The van der Waals surface area contributed by atoms with E-state index < -0.39 is 0 Å². The van der Waals surface area contributed by atoms with E-state index in [0.29, 0.717) is 11.7 Å². The van der Waals surface area contributed by atoms with Gasteiger partial charge in [-0.25, -0.2) is 0 Å². The summed E-state index contributed by atoms with van der Waals surface area (Å²) in [6.45, 7) is 2.59. The Labute approximate surface area is 198 Å². The van der Waals surface area contributed by atoms with Gasteiger partial charge < -0.3 is 10.1 Å². The van der Waals surface area contributed by atoms with E-state index in [0.717, 1.165) is 28.3 Å². The largest absolute Gasteiger partial charge is 0.497 e. The summed E-state index contributed by atoms with van der Waals surface area (Å²) in [5.74, 6) is 1.75. The molecule has 33 heavy (non-hydrogen) atoms. The highest BCUT2D eigenvalue weighted by Gasteiger charge is 2.17. The number of benzene rings is 3. The van der Waals surface area contributed by atoms with Crippen molar-refractivity contribution in [3.8, 4) is 17.1 Å². The Bertz CT molecular complexity index is 1180. The molecule has 168 valence electrons. The number of aromatic nitrogens is 3. The summed E-state index contributed by atoms with van der Waals surface area (Å²) in [6.07, 6.45) is 0. The first-order chi connectivity index (χ1) is 16.1. The summed E-state index contributed by atoms with van der Waals surface area (Å²) in [5.41, 5.74) is 3.15. The van der Waals surface area contributed by atoms with Crippen LogP contribution in [-0.2, 0) is 11.3 Å². The summed E-state index contributed by atoms with van der Waals surface area (Å²) in [7, 11) is 1.64. The lowest BCUT2D eigenvalue weighted by Gasteiger charge is -2.14. The Morgan fingerprint density at radius 2 is 1.64 bits per heavy atom. The van der Waals surface area contributed by atoms with Gasteiger partial charge in [-0.3, -0.25) is 9.36 Å². The van der Waals surface area contributed by atoms with Crippen LogP contribution in [0.3, 0.4) is 0 Å². The lowest BCUT2D eigenvalue weighted by Crippen LogP contribution is -2.28. The first-order valence-electron chi connectivity index (χ1n) is 10.7. The molecule has 4 rings (SSSR count). The molecular formula is C26H26N4O2S. The first-order valence-corrected chi connectivity index (χ1v) is 11.7. The summed E-state index contributed by atoms with van der Waals surface area (Å²) in [6, 6.07) is 27.8. The second-order valence-corrected chi connectivity index (χ2v) is 8.54. The van der Waals surface area contributed by atoms with Crippen molar-refractivity contribution in [3.05, 3.63) is 96.1 Å². The predicted octanol–water partition coefficient (Wildman–Crippen LogP) is 4.97. The Morgan fingerprint density at radius 1 is 0.970 bits per heavy atom. The monoisotopic (exact) mass is 458 g/mol. The lowest BCUT2D eigenvalue weighted by molar-refractivity contribution is -0.119. The minimum absolute atomic E-state index is 0.0448. The zero-order chi connectivity index (χ0) is 23.0. The van der Waals surface area contributed by atoms with Crippen LogP contribution < -0.4 is 10.1 Å². The zero-order valence-corrected chi connectivity index (χ0v) is 19.5. The number of thioether (sulfide) groups is 1. The smallest absolute Gasteiger partial charge is 0.230 e. The van der Waals surface area contributed by atoms with Gasteiger partial charge in [0.15, 0.2) is 11.0 Å². The molecule has 0 radical (unpaired) electrons. The molecule has 4 aromatic rings. The van der Waals surface area contributed by atoms with Gasteiger partial charge in [-0.1, -0.05) is 72.4 Å². The van der Waals surface area contributed by atoms with Crippen LogP contribution in [0.5, 0.6) is 5.75 Å². The molecule has 1 amide bonds. The van der Waals surface area contributed by atoms with E-state index in [1.54, 1.807) is 7.11 Å². The summed E-state index contributed by atoms with van der Waals surface area (Å²) < 4.78 is 7.32. The second-order valence-electron chi connectivity index (χ2n) is 7.59. The molecule has 0 aliphatic carbocycles. The number of carbonyl (C=O) groups excluding carboxylic acids is 1. The van der Waals surface area contributed by atoms with Gasteiger partial charge in [-0.15, -0.1) is 10.2 Å². The number of amides is 1. The van der Waals surface area contributed by atoms with Crippen molar-refractivity contribution >= 4 is 17.7 Å². The summed E-state index contributed by atoms with van der Waals surface area (Å²) >= 11 is 1.39. The van der Waals surface area contributed by atoms with Crippen molar-refractivity contribution < 1.29 is 9.53 Å². The molecular weight excluding hydrogens is 432 g/mol. The van der Waals surface area contributed by atoms with Crippen molar-refractivity contribution in [2.75, 3.05) is 12.9 Å². The second kappa shape index (κ2) is 10.8. The van der Waals surface area contributed by atoms with Gasteiger partial charge in [0.05, 0.1) is 25.4 Å². The van der Waals surface area contributed by atoms with E-state index >= 15 is 0 Å². The standard InChI is InChI=1S/C26H26N4O2S/c1-19(21-11-7-4-8-12-21)27-24(31)18-33-26-29-28-25(22-13-15-23(32-2)16-14-22)30(26)17-20-9-5-3-6-10-20/h3-16,19H,17-18H2,1-2H3,(H,27,31). The molecule has 1 atom stereocenters. The number of rotatable bonds is 9. The van der Waals surface area contributed by atoms with Crippen molar-refractivity contribution in [3.63, 3.8) is 0 Å². The average molecular weight is 459 g/mol. The average Bonchev–Trinajstić information content (AvgIpc) is 3.26. The fraction of sp³-hybridized carbons (Fsp3) is 0.192.